The van der Waals surface area contributed by atoms with E-state index in [1.807, 2.05) is 6.07 Å². The summed E-state index contributed by atoms with van der Waals surface area (Å²) in [5, 5.41) is 28.6. The molecule has 6 nitrogen and oxygen atoms in total. The van der Waals surface area contributed by atoms with Crippen molar-refractivity contribution in [2.45, 2.75) is 6.92 Å². The predicted molar refractivity (Wildman–Crippen MR) is 88.9 cm³/mol. The Hall–Kier alpha value is -3.28. The van der Waals surface area contributed by atoms with Gasteiger partial charge < -0.3 is 15.9 Å². The number of rotatable bonds is 3. The van der Waals surface area contributed by atoms with E-state index in [9.17, 15) is 15.0 Å². The summed E-state index contributed by atoms with van der Waals surface area (Å²) in [5.74, 6) is -0.758. The van der Waals surface area contributed by atoms with Crippen molar-refractivity contribution in [3.63, 3.8) is 0 Å². The van der Waals surface area contributed by atoms with Gasteiger partial charge in [-0.2, -0.15) is 0 Å². The highest BCUT2D eigenvalue weighted by atomic mass is 16.3. The highest BCUT2D eigenvalue weighted by molar-refractivity contribution is 6.06. The Morgan fingerprint density at radius 1 is 1.17 bits per heavy atom. The van der Waals surface area contributed by atoms with Gasteiger partial charge in [0.25, 0.3) is 5.91 Å². The van der Waals surface area contributed by atoms with Gasteiger partial charge in [-0.1, -0.05) is 18.2 Å². The largest absolute Gasteiger partial charge is 0.508 e. The molecule has 1 amide bonds. The van der Waals surface area contributed by atoms with E-state index >= 15 is 0 Å². The van der Waals surface area contributed by atoms with E-state index < -0.39 is 11.9 Å². The van der Waals surface area contributed by atoms with Gasteiger partial charge in [-0.3, -0.25) is 15.5 Å². The minimum atomic E-state index is -0.497. The smallest absolute Gasteiger partial charge is 0.253 e. The summed E-state index contributed by atoms with van der Waals surface area (Å²) in [6, 6.07) is 11.4. The van der Waals surface area contributed by atoms with Gasteiger partial charge in [-0.05, 0) is 54.0 Å². The molecule has 6 N–H and O–H groups in total. The standard InChI is InChI=1S/C17H17N3O3/c1-10(16(23)20-17(18)19)7-12-9-14(22)5-6-15(12)11-3-2-4-13(21)8-11/h2-9,21-22H,1H3,(H4,18,19,20,23)/b10-7+. The van der Waals surface area contributed by atoms with Crippen LogP contribution < -0.4 is 11.1 Å². The van der Waals surface area contributed by atoms with Crippen LogP contribution in [0.4, 0.5) is 0 Å². The van der Waals surface area contributed by atoms with Crippen molar-refractivity contribution in [1.29, 1.82) is 5.41 Å². The third-order valence-electron chi connectivity index (χ3n) is 3.17. The van der Waals surface area contributed by atoms with Gasteiger partial charge in [0, 0.05) is 5.57 Å². The van der Waals surface area contributed by atoms with Gasteiger partial charge in [-0.25, -0.2) is 0 Å². The van der Waals surface area contributed by atoms with Crippen molar-refractivity contribution in [3.8, 4) is 22.6 Å². The van der Waals surface area contributed by atoms with Crippen molar-refractivity contribution in [3.05, 3.63) is 53.6 Å². The number of hydrogen-bond donors (Lipinski definition) is 5. The molecule has 0 radical (unpaired) electrons. The van der Waals surface area contributed by atoms with Crippen LogP contribution in [0.3, 0.4) is 0 Å². The van der Waals surface area contributed by atoms with E-state index in [4.69, 9.17) is 11.1 Å². The molecule has 2 aromatic rings. The molecule has 0 spiro atoms. The normalized spacial score (nSPS) is 11.1. The number of aromatic hydroxyl groups is 2. The number of nitrogens with two attached hydrogens (primary N) is 1. The van der Waals surface area contributed by atoms with Crippen LogP contribution in [0.2, 0.25) is 0 Å². The number of hydrogen-bond acceptors (Lipinski definition) is 4. The van der Waals surface area contributed by atoms with Crippen LogP contribution in [-0.2, 0) is 4.79 Å². The van der Waals surface area contributed by atoms with Crippen LogP contribution in [0, 0.1) is 5.41 Å². The molecule has 0 saturated carbocycles. The number of amides is 1. The van der Waals surface area contributed by atoms with E-state index in [0.717, 1.165) is 11.1 Å². The summed E-state index contributed by atoms with van der Waals surface area (Å²) in [6.07, 6.45) is 1.58. The van der Waals surface area contributed by atoms with Gasteiger partial charge in [0.1, 0.15) is 11.5 Å². The van der Waals surface area contributed by atoms with Gasteiger partial charge >= 0.3 is 0 Å². The molecule has 0 fully saturated rings. The zero-order valence-corrected chi connectivity index (χ0v) is 12.5. The first-order valence-electron chi connectivity index (χ1n) is 6.83. The third-order valence-corrected chi connectivity index (χ3v) is 3.17. The summed E-state index contributed by atoms with van der Waals surface area (Å²) in [5.41, 5.74) is 7.56. The van der Waals surface area contributed by atoms with Crippen LogP contribution in [-0.4, -0.2) is 22.1 Å². The fourth-order valence-electron chi connectivity index (χ4n) is 2.13. The monoisotopic (exact) mass is 311 g/mol. The highest BCUT2D eigenvalue weighted by Gasteiger charge is 2.09. The second-order valence-corrected chi connectivity index (χ2v) is 5.02. The molecule has 0 unspecified atom stereocenters. The average Bonchev–Trinajstić information content (AvgIpc) is 2.46. The first-order valence-corrected chi connectivity index (χ1v) is 6.83. The minimum absolute atomic E-state index is 0.0555. The van der Waals surface area contributed by atoms with Crippen molar-refractivity contribution in [2.75, 3.05) is 0 Å². The summed E-state index contributed by atoms with van der Waals surface area (Å²) in [7, 11) is 0. The van der Waals surface area contributed by atoms with E-state index in [-0.39, 0.29) is 11.5 Å². The second-order valence-electron chi connectivity index (χ2n) is 5.02. The number of carbonyl (C=O) groups excluding carboxylic acids is 1. The summed E-state index contributed by atoms with van der Waals surface area (Å²) < 4.78 is 0. The molecular weight excluding hydrogens is 294 g/mol. The van der Waals surface area contributed by atoms with Crippen LogP contribution in [0.1, 0.15) is 12.5 Å². The Morgan fingerprint density at radius 3 is 2.52 bits per heavy atom. The summed E-state index contributed by atoms with van der Waals surface area (Å²) >= 11 is 0. The molecule has 118 valence electrons. The Labute approximate surface area is 133 Å². The second kappa shape index (κ2) is 6.65. The number of guanidine groups is 1. The summed E-state index contributed by atoms with van der Waals surface area (Å²) in [6.45, 7) is 1.58. The average molecular weight is 311 g/mol. The van der Waals surface area contributed by atoms with Crippen LogP contribution >= 0.6 is 0 Å². The number of nitrogens with one attached hydrogen (secondary N) is 2. The van der Waals surface area contributed by atoms with Crippen molar-refractivity contribution in [1.82, 2.24) is 5.32 Å². The van der Waals surface area contributed by atoms with Crippen LogP contribution in [0.5, 0.6) is 11.5 Å². The Balaban J connectivity index is 2.48. The van der Waals surface area contributed by atoms with Crippen molar-refractivity contribution < 1.29 is 15.0 Å². The highest BCUT2D eigenvalue weighted by Crippen LogP contribution is 2.30. The van der Waals surface area contributed by atoms with E-state index in [1.165, 1.54) is 12.1 Å². The number of phenolic OH excluding ortho intramolecular Hbond substituents is 2. The molecule has 23 heavy (non-hydrogen) atoms. The molecule has 2 rings (SSSR count). The molecule has 0 aliphatic rings. The lowest BCUT2D eigenvalue weighted by Gasteiger charge is -2.09. The molecule has 2 aromatic carbocycles. The maximum atomic E-state index is 11.8. The molecule has 0 atom stereocenters. The maximum absolute atomic E-state index is 11.8. The molecule has 0 aliphatic heterocycles. The van der Waals surface area contributed by atoms with Crippen LogP contribution in [0.25, 0.3) is 17.2 Å². The maximum Gasteiger partial charge on any atom is 0.253 e. The molecule has 0 aliphatic carbocycles. The topological polar surface area (TPSA) is 119 Å². The van der Waals surface area contributed by atoms with Crippen molar-refractivity contribution in [2.24, 2.45) is 5.73 Å². The number of phenols is 2. The van der Waals surface area contributed by atoms with E-state index in [0.29, 0.717) is 11.1 Å². The summed E-state index contributed by atoms with van der Waals surface area (Å²) in [4.78, 5) is 11.8. The quantitative estimate of drug-likeness (QED) is 0.339. The SMILES string of the molecule is C/C(=C\c1cc(O)ccc1-c1cccc(O)c1)C(=O)NC(=N)N. The molecule has 0 heterocycles. The lowest BCUT2D eigenvalue weighted by atomic mass is 9.97. The van der Waals surface area contributed by atoms with Gasteiger partial charge in [0.05, 0.1) is 0 Å². The lowest BCUT2D eigenvalue weighted by molar-refractivity contribution is -0.116. The zero-order valence-electron chi connectivity index (χ0n) is 12.5. The third kappa shape index (κ3) is 4.10. The Kier molecular flexibility index (Phi) is 4.66. The van der Waals surface area contributed by atoms with E-state index in [2.05, 4.69) is 5.32 Å². The molecular formula is C17H17N3O3. The van der Waals surface area contributed by atoms with Crippen molar-refractivity contribution >= 4 is 17.9 Å². The molecule has 0 aromatic heterocycles. The molecule has 0 bridgehead atoms. The van der Waals surface area contributed by atoms with Crippen LogP contribution in [0.15, 0.2) is 48.0 Å². The first kappa shape index (κ1) is 16.1. The fourth-order valence-corrected chi connectivity index (χ4v) is 2.13. The fraction of sp³-hybridized carbons (Fsp3) is 0.0588. The Morgan fingerprint density at radius 2 is 1.87 bits per heavy atom. The van der Waals surface area contributed by atoms with E-state index in [1.54, 1.807) is 37.3 Å². The predicted octanol–water partition coefficient (Wildman–Crippen LogP) is 2.18. The molecule has 0 saturated heterocycles. The first-order chi connectivity index (χ1) is 10.9. The number of carbonyl (C=O) groups is 1. The molecule has 6 heteroatoms. The van der Waals surface area contributed by atoms with Gasteiger partial charge in [0.15, 0.2) is 5.96 Å². The minimum Gasteiger partial charge on any atom is -0.508 e. The number of benzene rings is 2. The van der Waals surface area contributed by atoms with Gasteiger partial charge in [-0.15, -0.1) is 0 Å². The van der Waals surface area contributed by atoms with Gasteiger partial charge in [0.2, 0.25) is 0 Å². The lowest BCUT2D eigenvalue weighted by Crippen LogP contribution is -2.36. The zero-order chi connectivity index (χ0) is 17.0. The Bertz CT molecular complexity index is 797.